The molecule has 3 nitrogen and oxygen atoms in total. The molecule has 0 saturated carbocycles. The predicted molar refractivity (Wildman–Crippen MR) is 68.5 cm³/mol. The van der Waals surface area contributed by atoms with Crippen LogP contribution >= 0.6 is 27.7 Å². The molecule has 0 N–H and O–H groups in total. The van der Waals surface area contributed by atoms with E-state index in [2.05, 4.69) is 37.7 Å². The number of hydrogen-bond acceptors (Lipinski definition) is 4. The monoisotopic (exact) mass is 287 g/mol. The van der Waals surface area contributed by atoms with E-state index in [4.69, 9.17) is 0 Å². The quantitative estimate of drug-likeness (QED) is 0.743. The molecule has 1 aliphatic rings. The molecule has 1 fully saturated rings. The number of halogens is 1. The first kappa shape index (κ1) is 11.2. The van der Waals surface area contributed by atoms with Crippen LogP contribution in [0.5, 0.6) is 0 Å². The maximum absolute atomic E-state index is 4.31. The van der Waals surface area contributed by atoms with Crippen molar-refractivity contribution in [2.75, 3.05) is 23.7 Å². The average Bonchev–Trinajstić information content (AvgIpc) is 2.43. The van der Waals surface area contributed by atoms with Crippen LogP contribution < -0.4 is 4.90 Å². The zero-order valence-electron chi connectivity index (χ0n) is 8.69. The highest BCUT2D eigenvalue weighted by molar-refractivity contribution is 9.10. The van der Waals surface area contributed by atoms with Crippen molar-refractivity contribution in [1.29, 1.82) is 0 Å². The van der Waals surface area contributed by atoms with Crippen LogP contribution in [0, 0.1) is 0 Å². The Morgan fingerprint density at radius 3 is 3.13 bits per heavy atom. The average molecular weight is 288 g/mol. The molecule has 1 atom stereocenters. The van der Waals surface area contributed by atoms with E-state index in [0.717, 1.165) is 28.8 Å². The SMILES string of the molecule is CC1CCN(c2cc(Br)ncn2)CCS1. The van der Waals surface area contributed by atoms with Crippen LogP contribution in [-0.2, 0) is 0 Å². The molecule has 0 aliphatic carbocycles. The summed E-state index contributed by atoms with van der Waals surface area (Å²) in [6.07, 6.45) is 2.84. The van der Waals surface area contributed by atoms with Crippen molar-refractivity contribution in [2.24, 2.45) is 0 Å². The Hall–Kier alpha value is -0.290. The molecule has 82 valence electrons. The Kier molecular flexibility index (Phi) is 3.86. The largest absolute Gasteiger partial charge is 0.356 e. The number of nitrogens with zero attached hydrogens (tertiary/aromatic N) is 3. The maximum atomic E-state index is 4.31. The second-order valence-electron chi connectivity index (χ2n) is 3.66. The third-order valence-electron chi connectivity index (χ3n) is 2.51. The number of rotatable bonds is 1. The Labute approximate surface area is 103 Å². The van der Waals surface area contributed by atoms with E-state index >= 15 is 0 Å². The smallest absolute Gasteiger partial charge is 0.133 e. The molecule has 1 saturated heterocycles. The molecule has 1 aromatic heterocycles. The highest BCUT2D eigenvalue weighted by Gasteiger charge is 2.15. The lowest BCUT2D eigenvalue weighted by Gasteiger charge is -2.20. The summed E-state index contributed by atoms with van der Waals surface area (Å²) in [6, 6.07) is 1.99. The number of aromatic nitrogens is 2. The summed E-state index contributed by atoms with van der Waals surface area (Å²) in [5.74, 6) is 2.22. The van der Waals surface area contributed by atoms with Gasteiger partial charge in [-0.15, -0.1) is 0 Å². The minimum absolute atomic E-state index is 0.764. The zero-order valence-corrected chi connectivity index (χ0v) is 11.1. The van der Waals surface area contributed by atoms with Gasteiger partial charge in [0, 0.05) is 30.2 Å². The van der Waals surface area contributed by atoms with Gasteiger partial charge < -0.3 is 4.90 Å². The molecule has 1 aliphatic heterocycles. The van der Waals surface area contributed by atoms with Crippen LogP contribution in [0.2, 0.25) is 0 Å². The number of thioether (sulfide) groups is 1. The van der Waals surface area contributed by atoms with E-state index in [9.17, 15) is 0 Å². The van der Waals surface area contributed by atoms with Gasteiger partial charge in [0.2, 0.25) is 0 Å². The molecule has 1 aromatic rings. The van der Waals surface area contributed by atoms with Crippen LogP contribution in [0.25, 0.3) is 0 Å². The minimum atomic E-state index is 0.764. The van der Waals surface area contributed by atoms with E-state index in [-0.39, 0.29) is 0 Å². The second kappa shape index (κ2) is 5.16. The summed E-state index contributed by atoms with van der Waals surface area (Å²) in [4.78, 5) is 10.7. The molecule has 1 unspecified atom stereocenters. The van der Waals surface area contributed by atoms with Gasteiger partial charge >= 0.3 is 0 Å². The van der Waals surface area contributed by atoms with Gasteiger partial charge in [0.1, 0.15) is 16.7 Å². The lowest BCUT2D eigenvalue weighted by atomic mass is 10.3. The number of anilines is 1. The number of hydrogen-bond donors (Lipinski definition) is 0. The van der Waals surface area contributed by atoms with Gasteiger partial charge in [0.05, 0.1) is 0 Å². The summed E-state index contributed by atoms with van der Waals surface area (Å²) in [5, 5.41) is 0.764. The second-order valence-corrected chi connectivity index (χ2v) is 6.01. The first-order valence-electron chi connectivity index (χ1n) is 5.10. The Balaban J connectivity index is 2.09. The maximum Gasteiger partial charge on any atom is 0.133 e. The Bertz CT molecular complexity index is 334. The molecule has 2 heterocycles. The predicted octanol–water partition coefficient (Wildman–Crippen LogP) is 2.57. The molecule has 0 aromatic carbocycles. The van der Waals surface area contributed by atoms with Crippen LogP contribution in [0.3, 0.4) is 0 Å². The molecular formula is C10H14BrN3S. The van der Waals surface area contributed by atoms with Gasteiger partial charge in [-0.25, -0.2) is 9.97 Å². The fourth-order valence-electron chi connectivity index (χ4n) is 1.62. The molecule has 0 bridgehead atoms. The van der Waals surface area contributed by atoms with Crippen molar-refractivity contribution in [3.63, 3.8) is 0 Å². The van der Waals surface area contributed by atoms with Crippen LogP contribution in [-0.4, -0.2) is 34.1 Å². The molecule has 0 spiro atoms. The van der Waals surface area contributed by atoms with Crippen molar-refractivity contribution in [2.45, 2.75) is 18.6 Å². The topological polar surface area (TPSA) is 29.0 Å². The van der Waals surface area contributed by atoms with E-state index in [1.807, 2.05) is 17.8 Å². The highest BCUT2D eigenvalue weighted by atomic mass is 79.9. The standard InChI is InChI=1S/C10H14BrN3S/c1-8-2-3-14(4-5-15-8)10-6-9(11)12-7-13-10/h6-8H,2-5H2,1H3. The molecular weight excluding hydrogens is 274 g/mol. The molecule has 15 heavy (non-hydrogen) atoms. The molecule has 2 rings (SSSR count). The van der Waals surface area contributed by atoms with Gasteiger partial charge in [-0.3, -0.25) is 0 Å². The third-order valence-corrected chi connectivity index (χ3v) is 4.17. The van der Waals surface area contributed by atoms with Gasteiger partial charge in [-0.05, 0) is 22.4 Å². The van der Waals surface area contributed by atoms with Gasteiger partial charge in [-0.1, -0.05) is 6.92 Å². The van der Waals surface area contributed by atoms with Crippen LogP contribution in [0.15, 0.2) is 17.0 Å². The fourth-order valence-corrected chi connectivity index (χ4v) is 2.92. The summed E-state index contributed by atoms with van der Waals surface area (Å²) in [7, 11) is 0. The van der Waals surface area contributed by atoms with Crippen molar-refractivity contribution >= 4 is 33.5 Å². The van der Waals surface area contributed by atoms with Crippen molar-refractivity contribution in [3.8, 4) is 0 Å². The van der Waals surface area contributed by atoms with E-state index < -0.39 is 0 Å². The summed E-state index contributed by atoms with van der Waals surface area (Å²) >= 11 is 5.42. The third kappa shape index (κ3) is 3.08. The van der Waals surface area contributed by atoms with Crippen LogP contribution in [0.1, 0.15) is 13.3 Å². The summed E-state index contributed by atoms with van der Waals surface area (Å²) in [5.41, 5.74) is 0. The zero-order chi connectivity index (χ0) is 10.7. The Morgan fingerprint density at radius 1 is 1.47 bits per heavy atom. The van der Waals surface area contributed by atoms with E-state index in [1.165, 1.54) is 12.2 Å². The lowest BCUT2D eigenvalue weighted by molar-refractivity contribution is 0.752. The normalized spacial score (nSPS) is 22.5. The van der Waals surface area contributed by atoms with Gasteiger partial charge in [-0.2, -0.15) is 11.8 Å². The molecule has 0 amide bonds. The summed E-state index contributed by atoms with van der Waals surface area (Å²) < 4.78 is 0.859. The highest BCUT2D eigenvalue weighted by Crippen LogP contribution is 2.22. The molecule has 0 radical (unpaired) electrons. The first-order chi connectivity index (χ1) is 7.25. The fraction of sp³-hybridized carbons (Fsp3) is 0.600. The van der Waals surface area contributed by atoms with Gasteiger partial charge in [0.25, 0.3) is 0 Å². The van der Waals surface area contributed by atoms with E-state index in [0.29, 0.717) is 0 Å². The van der Waals surface area contributed by atoms with E-state index in [1.54, 1.807) is 6.33 Å². The molecule has 5 heteroatoms. The summed E-state index contributed by atoms with van der Waals surface area (Å²) in [6.45, 7) is 4.47. The van der Waals surface area contributed by atoms with Crippen LogP contribution in [0.4, 0.5) is 5.82 Å². The Morgan fingerprint density at radius 2 is 2.33 bits per heavy atom. The van der Waals surface area contributed by atoms with Crippen molar-refractivity contribution in [3.05, 3.63) is 17.0 Å². The lowest BCUT2D eigenvalue weighted by Crippen LogP contribution is -2.26. The van der Waals surface area contributed by atoms with Gasteiger partial charge in [0.15, 0.2) is 0 Å². The minimum Gasteiger partial charge on any atom is -0.356 e. The van der Waals surface area contributed by atoms with Crippen molar-refractivity contribution < 1.29 is 0 Å². The first-order valence-corrected chi connectivity index (χ1v) is 6.94. The van der Waals surface area contributed by atoms with Crippen molar-refractivity contribution in [1.82, 2.24) is 9.97 Å².